The molecule has 1 aromatic carbocycles. The zero-order valence-corrected chi connectivity index (χ0v) is 12.2. The molecule has 0 bridgehead atoms. The monoisotopic (exact) mass is 291 g/mol. The Morgan fingerprint density at radius 3 is 2.85 bits per heavy atom. The van der Waals surface area contributed by atoms with Crippen LogP contribution >= 0.6 is 11.3 Å². The van der Waals surface area contributed by atoms with Crippen molar-refractivity contribution in [2.45, 2.75) is 19.4 Å². The maximum Gasteiger partial charge on any atom is 0.263 e. The quantitative estimate of drug-likeness (QED) is 0.393. The third-order valence-corrected chi connectivity index (χ3v) is 4.35. The smallest absolute Gasteiger partial charge is 0.263 e. The molecule has 1 unspecified atom stereocenters. The van der Waals surface area contributed by atoms with E-state index in [1.54, 1.807) is 11.9 Å². The van der Waals surface area contributed by atoms with Gasteiger partial charge in [0.25, 0.3) is 5.91 Å². The summed E-state index contributed by atoms with van der Waals surface area (Å²) in [5, 5.41) is 12.6. The topological polar surface area (TPSA) is 78.9 Å². The van der Waals surface area contributed by atoms with Gasteiger partial charge in [0.15, 0.2) is 0 Å². The highest BCUT2D eigenvalue weighted by Crippen LogP contribution is 2.26. The van der Waals surface area contributed by atoms with Crippen molar-refractivity contribution in [1.29, 1.82) is 0 Å². The van der Waals surface area contributed by atoms with Crippen LogP contribution < -0.4 is 5.73 Å². The van der Waals surface area contributed by atoms with Crippen molar-refractivity contribution in [2.75, 3.05) is 7.05 Å². The van der Waals surface area contributed by atoms with Gasteiger partial charge < -0.3 is 15.8 Å². The lowest BCUT2D eigenvalue weighted by molar-refractivity contribution is 0.0752. The SMILES string of the molecule is CC(CC(N)=NO)N(C)C(=O)c1cc2ccccc2s1. The van der Waals surface area contributed by atoms with Gasteiger partial charge in [0, 0.05) is 24.2 Å². The Kier molecular flexibility index (Phi) is 4.24. The molecule has 3 N–H and O–H groups in total. The third kappa shape index (κ3) is 2.91. The maximum atomic E-state index is 12.4. The fraction of sp³-hybridized carbons (Fsp3) is 0.286. The van der Waals surface area contributed by atoms with Crippen molar-refractivity contribution in [2.24, 2.45) is 10.9 Å². The number of carbonyl (C=O) groups excluding carboxylic acids is 1. The number of rotatable bonds is 4. The van der Waals surface area contributed by atoms with Crippen molar-refractivity contribution < 1.29 is 10.0 Å². The predicted molar refractivity (Wildman–Crippen MR) is 81.4 cm³/mol. The molecule has 0 saturated carbocycles. The van der Waals surface area contributed by atoms with E-state index in [9.17, 15) is 4.79 Å². The maximum absolute atomic E-state index is 12.4. The second-order valence-electron chi connectivity index (χ2n) is 4.71. The molecule has 0 fully saturated rings. The molecule has 0 spiro atoms. The summed E-state index contributed by atoms with van der Waals surface area (Å²) in [6.45, 7) is 1.86. The Morgan fingerprint density at radius 2 is 2.20 bits per heavy atom. The first kappa shape index (κ1) is 14.3. The van der Waals surface area contributed by atoms with Gasteiger partial charge in [-0.1, -0.05) is 23.4 Å². The zero-order chi connectivity index (χ0) is 14.7. The summed E-state index contributed by atoms with van der Waals surface area (Å²) < 4.78 is 1.09. The van der Waals surface area contributed by atoms with E-state index in [1.807, 2.05) is 37.3 Å². The number of hydrogen-bond donors (Lipinski definition) is 2. The number of amidine groups is 1. The lowest BCUT2D eigenvalue weighted by Gasteiger charge is -2.23. The van der Waals surface area contributed by atoms with Gasteiger partial charge in [-0.05, 0) is 24.4 Å². The highest BCUT2D eigenvalue weighted by Gasteiger charge is 2.20. The van der Waals surface area contributed by atoms with Crippen LogP contribution in [0.2, 0.25) is 0 Å². The van der Waals surface area contributed by atoms with Crippen molar-refractivity contribution in [1.82, 2.24) is 4.90 Å². The molecule has 0 aliphatic rings. The lowest BCUT2D eigenvalue weighted by atomic mass is 10.2. The van der Waals surface area contributed by atoms with E-state index in [4.69, 9.17) is 10.9 Å². The summed E-state index contributed by atoms with van der Waals surface area (Å²) in [5.41, 5.74) is 5.48. The van der Waals surface area contributed by atoms with Gasteiger partial charge in [-0.25, -0.2) is 0 Å². The highest BCUT2D eigenvalue weighted by molar-refractivity contribution is 7.20. The fourth-order valence-electron chi connectivity index (χ4n) is 1.94. The van der Waals surface area contributed by atoms with Crippen molar-refractivity contribution in [3.63, 3.8) is 0 Å². The number of carbonyl (C=O) groups is 1. The van der Waals surface area contributed by atoms with Gasteiger partial charge >= 0.3 is 0 Å². The summed E-state index contributed by atoms with van der Waals surface area (Å²) >= 11 is 1.47. The second kappa shape index (κ2) is 5.92. The Balaban J connectivity index is 2.17. The molecule has 2 aromatic rings. The Labute approximate surface area is 121 Å². The summed E-state index contributed by atoms with van der Waals surface area (Å²) in [6.07, 6.45) is 0.337. The Hall–Kier alpha value is -2.08. The summed E-state index contributed by atoms with van der Waals surface area (Å²) in [7, 11) is 1.72. The minimum absolute atomic E-state index is 0.0514. The van der Waals surface area contributed by atoms with Crippen LogP contribution in [0, 0.1) is 0 Å². The number of hydrogen-bond acceptors (Lipinski definition) is 4. The predicted octanol–water partition coefficient (Wildman–Crippen LogP) is 2.50. The standard InChI is InChI=1S/C14H17N3O2S/c1-9(7-13(15)16-19)17(2)14(18)12-8-10-5-3-4-6-11(10)20-12/h3-6,8-9,19H,7H2,1-2H3,(H2,15,16). The van der Waals surface area contributed by atoms with Gasteiger partial charge in [0.2, 0.25) is 0 Å². The molecule has 0 aliphatic carbocycles. The van der Waals surface area contributed by atoms with Gasteiger partial charge in [-0.2, -0.15) is 0 Å². The average Bonchev–Trinajstić information content (AvgIpc) is 2.89. The molecular formula is C14H17N3O2S. The van der Waals surface area contributed by atoms with E-state index in [2.05, 4.69) is 5.16 Å². The summed E-state index contributed by atoms with van der Waals surface area (Å²) in [5.74, 6) is 0.0675. The molecule has 2 rings (SSSR count). The summed E-state index contributed by atoms with van der Waals surface area (Å²) in [6, 6.07) is 9.66. The molecule has 6 heteroatoms. The lowest BCUT2D eigenvalue weighted by Crippen LogP contribution is -2.37. The first-order valence-electron chi connectivity index (χ1n) is 6.25. The van der Waals surface area contributed by atoms with Crippen LogP contribution in [0.4, 0.5) is 0 Å². The van der Waals surface area contributed by atoms with Crippen LogP contribution in [-0.2, 0) is 0 Å². The molecule has 106 valence electrons. The van der Waals surface area contributed by atoms with Crippen LogP contribution in [0.25, 0.3) is 10.1 Å². The van der Waals surface area contributed by atoms with E-state index >= 15 is 0 Å². The number of thiophene rings is 1. The van der Waals surface area contributed by atoms with E-state index in [0.717, 1.165) is 10.1 Å². The number of fused-ring (bicyclic) bond motifs is 1. The number of benzene rings is 1. The molecular weight excluding hydrogens is 274 g/mol. The van der Waals surface area contributed by atoms with Gasteiger partial charge in [0.05, 0.1) is 4.88 Å². The van der Waals surface area contributed by atoms with Crippen molar-refractivity contribution >= 4 is 33.2 Å². The number of oxime groups is 1. The minimum atomic E-state index is -0.136. The number of nitrogens with zero attached hydrogens (tertiary/aromatic N) is 2. The van der Waals surface area contributed by atoms with Crippen LogP contribution in [0.15, 0.2) is 35.5 Å². The minimum Gasteiger partial charge on any atom is -0.409 e. The van der Waals surface area contributed by atoms with Gasteiger partial charge in [-0.3, -0.25) is 4.79 Å². The van der Waals surface area contributed by atoms with Gasteiger partial charge in [0.1, 0.15) is 5.84 Å². The number of nitrogens with two attached hydrogens (primary N) is 1. The summed E-state index contributed by atoms with van der Waals surface area (Å²) in [4.78, 5) is 14.7. The molecule has 1 aromatic heterocycles. The first-order chi connectivity index (χ1) is 9.52. The van der Waals surface area contributed by atoms with Crippen LogP contribution in [-0.4, -0.2) is 34.9 Å². The van der Waals surface area contributed by atoms with Crippen LogP contribution in [0.5, 0.6) is 0 Å². The van der Waals surface area contributed by atoms with Crippen molar-refractivity contribution in [3.8, 4) is 0 Å². The van der Waals surface area contributed by atoms with Crippen LogP contribution in [0.3, 0.4) is 0 Å². The average molecular weight is 291 g/mol. The largest absolute Gasteiger partial charge is 0.409 e. The molecule has 20 heavy (non-hydrogen) atoms. The second-order valence-corrected chi connectivity index (χ2v) is 5.79. The first-order valence-corrected chi connectivity index (χ1v) is 7.06. The van der Waals surface area contributed by atoms with Gasteiger partial charge in [-0.15, -0.1) is 11.3 Å². The van der Waals surface area contributed by atoms with E-state index in [1.165, 1.54) is 11.3 Å². The normalized spacial score (nSPS) is 13.4. The molecule has 1 atom stereocenters. The van der Waals surface area contributed by atoms with E-state index in [-0.39, 0.29) is 17.8 Å². The molecule has 1 heterocycles. The fourth-order valence-corrected chi connectivity index (χ4v) is 2.99. The Bertz CT molecular complexity index is 618. The molecule has 1 amide bonds. The zero-order valence-electron chi connectivity index (χ0n) is 11.4. The molecule has 0 saturated heterocycles. The molecule has 0 aliphatic heterocycles. The van der Waals surface area contributed by atoms with E-state index < -0.39 is 0 Å². The third-order valence-electron chi connectivity index (χ3n) is 3.25. The molecule has 5 nitrogen and oxygen atoms in total. The number of amides is 1. The highest BCUT2D eigenvalue weighted by atomic mass is 32.1. The molecule has 0 radical (unpaired) electrons. The Morgan fingerprint density at radius 1 is 1.50 bits per heavy atom. The van der Waals surface area contributed by atoms with Crippen molar-refractivity contribution in [3.05, 3.63) is 35.2 Å². The van der Waals surface area contributed by atoms with Crippen LogP contribution in [0.1, 0.15) is 23.0 Å². The van der Waals surface area contributed by atoms with E-state index in [0.29, 0.717) is 11.3 Å².